The first kappa shape index (κ1) is 22.1. The molecule has 172 valence electrons. The van der Waals surface area contributed by atoms with E-state index in [0.29, 0.717) is 5.92 Å². The summed E-state index contributed by atoms with van der Waals surface area (Å²) in [7, 11) is 0. The van der Waals surface area contributed by atoms with E-state index in [-0.39, 0.29) is 23.8 Å². The first-order valence-corrected chi connectivity index (χ1v) is 11.7. The maximum Gasteiger partial charge on any atom is 0.124 e. The van der Waals surface area contributed by atoms with Crippen LogP contribution in [0.25, 0.3) is 0 Å². The van der Waals surface area contributed by atoms with E-state index in [1.807, 2.05) is 60.7 Å². The SMILES string of the molecule is Fc1ccc([C@@H](CC[C@H]2CN(c3ccc(F)cc3)[C@H]2c2ccccc2)Oc2ccccc2)cc1. The molecule has 0 spiro atoms. The fourth-order valence-corrected chi connectivity index (χ4v) is 4.83. The molecule has 34 heavy (non-hydrogen) atoms. The van der Waals surface area contributed by atoms with Gasteiger partial charge in [0.05, 0.1) is 6.04 Å². The first-order chi connectivity index (χ1) is 16.7. The number of rotatable bonds is 8. The molecule has 0 amide bonds. The summed E-state index contributed by atoms with van der Waals surface area (Å²) in [5.41, 5.74) is 3.25. The Labute approximate surface area is 199 Å². The molecule has 0 radical (unpaired) electrons. The lowest BCUT2D eigenvalue weighted by atomic mass is 9.79. The number of nitrogens with zero attached hydrogens (tertiary/aromatic N) is 1. The van der Waals surface area contributed by atoms with Gasteiger partial charge in [0, 0.05) is 18.2 Å². The molecule has 1 aliphatic rings. The van der Waals surface area contributed by atoms with Crippen molar-refractivity contribution in [2.45, 2.75) is 25.0 Å². The topological polar surface area (TPSA) is 12.5 Å². The van der Waals surface area contributed by atoms with Gasteiger partial charge in [-0.05, 0) is 72.5 Å². The van der Waals surface area contributed by atoms with E-state index < -0.39 is 0 Å². The predicted octanol–water partition coefficient (Wildman–Crippen LogP) is 7.74. The van der Waals surface area contributed by atoms with Gasteiger partial charge in [0.15, 0.2) is 0 Å². The molecule has 4 aromatic rings. The van der Waals surface area contributed by atoms with Crippen LogP contribution in [0.5, 0.6) is 5.75 Å². The molecule has 5 rings (SSSR count). The Hall–Kier alpha value is -3.66. The van der Waals surface area contributed by atoms with Crippen LogP contribution in [-0.2, 0) is 0 Å². The average Bonchev–Trinajstić information content (AvgIpc) is 2.85. The van der Waals surface area contributed by atoms with Gasteiger partial charge in [-0.2, -0.15) is 0 Å². The molecule has 4 aromatic carbocycles. The average molecular weight is 456 g/mol. The largest absolute Gasteiger partial charge is 0.486 e. The van der Waals surface area contributed by atoms with E-state index >= 15 is 0 Å². The number of para-hydroxylation sites is 1. The maximum absolute atomic E-state index is 13.6. The lowest BCUT2D eigenvalue weighted by Crippen LogP contribution is -2.50. The quantitative estimate of drug-likeness (QED) is 0.269. The van der Waals surface area contributed by atoms with Crippen LogP contribution < -0.4 is 9.64 Å². The lowest BCUT2D eigenvalue weighted by molar-refractivity contribution is 0.166. The van der Waals surface area contributed by atoms with Crippen LogP contribution in [0.3, 0.4) is 0 Å². The Balaban J connectivity index is 1.35. The highest BCUT2D eigenvalue weighted by molar-refractivity contribution is 5.52. The van der Waals surface area contributed by atoms with E-state index in [2.05, 4.69) is 29.2 Å². The summed E-state index contributed by atoms with van der Waals surface area (Å²) in [5.74, 6) is 0.755. The van der Waals surface area contributed by atoms with Crippen molar-refractivity contribution in [2.24, 2.45) is 5.92 Å². The van der Waals surface area contributed by atoms with Crippen molar-refractivity contribution in [1.29, 1.82) is 0 Å². The molecule has 2 nitrogen and oxygen atoms in total. The second-order valence-electron chi connectivity index (χ2n) is 8.79. The maximum atomic E-state index is 13.6. The third-order valence-electron chi connectivity index (χ3n) is 6.58. The number of hydrogen-bond acceptors (Lipinski definition) is 2. The minimum Gasteiger partial charge on any atom is -0.486 e. The molecule has 1 fully saturated rings. The normalized spacial score (nSPS) is 18.2. The molecule has 0 bridgehead atoms. The Kier molecular flexibility index (Phi) is 6.57. The monoisotopic (exact) mass is 455 g/mol. The molecule has 0 aromatic heterocycles. The van der Waals surface area contributed by atoms with Gasteiger partial charge in [-0.25, -0.2) is 8.78 Å². The van der Waals surface area contributed by atoms with E-state index in [9.17, 15) is 8.78 Å². The van der Waals surface area contributed by atoms with Gasteiger partial charge in [-0.15, -0.1) is 0 Å². The summed E-state index contributed by atoms with van der Waals surface area (Å²) in [6.45, 7) is 0.896. The fraction of sp³-hybridized carbons (Fsp3) is 0.200. The van der Waals surface area contributed by atoms with Crippen molar-refractivity contribution in [1.82, 2.24) is 0 Å². The highest BCUT2D eigenvalue weighted by Crippen LogP contribution is 2.45. The van der Waals surface area contributed by atoms with Gasteiger partial charge < -0.3 is 9.64 Å². The van der Waals surface area contributed by atoms with Crippen molar-refractivity contribution in [3.05, 3.63) is 132 Å². The molecule has 3 atom stereocenters. The van der Waals surface area contributed by atoms with Crippen LogP contribution in [0.1, 0.15) is 36.1 Å². The Morgan fingerprint density at radius 3 is 1.97 bits per heavy atom. The second kappa shape index (κ2) is 10.1. The zero-order chi connectivity index (χ0) is 23.3. The van der Waals surface area contributed by atoms with Crippen molar-refractivity contribution in [2.75, 3.05) is 11.4 Å². The molecule has 1 saturated heterocycles. The summed E-state index contributed by atoms with van der Waals surface area (Å²) in [5, 5.41) is 0. The predicted molar refractivity (Wildman–Crippen MR) is 132 cm³/mol. The van der Waals surface area contributed by atoms with Crippen molar-refractivity contribution in [3.8, 4) is 5.75 Å². The van der Waals surface area contributed by atoms with Gasteiger partial charge in [0.1, 0.15) is 23.5 Å². The highest BCUT2D eigenvalue weighted by atomic mass is 19.1. The van der Waals surface area contributed by atoms with E-state index in [0.717, 1.165) is 36.4 Å². The number of halogens is 2. The summed E-state index contributed by atoms with van der Waals surface area (Å²) in [6.07, 6.45) is 1.59. The van der Waals surface area contributed by atoms with Crippen LogP contribution in [0.4, 0.5) is 14.5 Å². The summed E-state index contributed by atoms with van der Waals surface area (Å²) in [6, 6.07) is 33.8. The highest BCUT2D eigenvalue weighted by Gasteiger charge is 2.40. The lowest BCUT2D eigenvalue weighted by Gasteiger charge is -2.50. The summed E-state index contributed by atoms with van der Waals surface area (Å²) < 4.78 is 33.4. The Morgan fingerprint density at radius 1 is 0.735 bits per heavy atom. The van der Waals surface area contributed by atoms with E-state index in [1.165, 1.54) is 29.8 Å². The third-order valence-corrected chi connectivity index (χ3v) is 6.58. The fourth-order valence-electron chi connectivity index (χ4n) is 4.83. The molecule has 0 saturated carbocycles. The van der Waals surface area contributed by atoms with Crippen LogP contribution in [0, 0.1) is 17.6 Å². The van der Waals surface area contributed by atoms with Crippen LogP contribution in [0.2, 0.25) is 0 Å². The van der Waals surface area contributed by atoms with Crippen LogP contribution >= 0.6 is 0 Å². The zero-order valence-corrected chi connectivity index (χ0v) is 18.9. The van der Waals surface area contributed by atoms with Gasteiger partial charge in [-0.3, -0.25) is 0 Å². The zero-order valence-electron chi connectivity index (χ0n) is 18.9. The van der Waals surface area contributed by atoms with Gasteiger partial charge in [0.25, 0.3) is 0 Å². The van der Waals surface area contributed by atoms with E-state index in [1.54, 1.807) is 0 Å². The Bertz CT molecular complexity index is 1180. The summed E-state index contributed by atoms with van der Waals surface area (Å²) in [4.78, 5) is 2.34. The number of ether oxygens (including phenoxy) is 1. The van der Waals surface area contributed by atoms with Crippen LogP contribution in [-0.4, -0.2) is 6.54 Å². The molecule has 1 aliphatic heterocycles. The Morgan fingerprint density at radius 2 is 1.32 bits per heavy atom. The molecule has 0 aliphatic carbocycles. The molecule has 1 heterocycles. The van der Waals surface area contributed by atoms with Crippen molar-refractivity contribution in [3.63, 3.8) is 0 Å². The van der Waals surface area contributed by atoms with Crippen molar-refractivity contribution >= 4 is 5.69 Å². The number of benzene rings is 4. The number of hydrogen-bond donors (Lipinski definition) is 0. The molecular weight excluding hydrogens is 428 g/mol. The second-order valence-corrected chi connectivity index (χ2v) is 8.79. The third kappa shape index (κ3) is 4.96. The molecular formula is C30H27F2NO. The molecule has 0 N–H and O–H groups in total. The first-order valence-electron chi connectivity index (χ1n) is 11.7. The van der Waals surface area contributed by atoms with E-state index in [4.69, 9.17) is 4.74 Å². The standard InChI is InChI=1S/C30H27F2NO/c31-25-14-11-22(12-15-25)29(34-28-9-5-2-6-10-28)20-13-24-21-33(27-18-16-26(32)17-19-27)30(24)23-7-3-1-4-8-23/h1-12,14-19,24,29-30H,13,20-21H2/t24-,29+,30-/m0/s1. The van der Waals surface area contributed by atoms with Crippen LogP contribution in [0.15, 0.2) is 109 Å². The minimum atomic E-state index is -0.250. The van der Waals surface area contributed by atoms with Gasteiger partial charge in [0.2, 0.25) is 0 Å². The van der Waals surface area contributed by atoms with Gasteiger partial charge in [-0.1, -0.05) is 60.7 Å². The summed E-state index contributed by atoms with van der Waals surface area (Å²) >= 11 is 0. The minimum absolute atomic E-state index is 0.167. The molecule has 0 unspecified atom stereocenters. The van der Waals surface area contributed by atoms with Crippen molar-refractivity contribution < 1.29 is 13.5 Å². The smallest absolute Gasteiger partial charge is 0.124 e. The van der Waals surface area contributed by atoms with Gasteiger partial charge >= 0.3 is 0 Å². The number of anilines is 1. The molecule has 4 heteroatoms.